The van der Waals surface area contributed by atoms with Crippen LogP contribution in [0.5, 0.6) is 0 Å². The van der Waals surface area contributed by atoms with E-state index in [1.165, 1.54) is 38.9 Å². The summed E-state index contributed by atoms with van der Waals surface area (Å²) in [6, 6.07) is 0.645. The van der Waals surface area contributed by atoms with E-state index in [0.29, 0.717) is 6.04 Å². The van der Waals surface area contributed by atoms with Gasteiger partial charge in [0.05, 0.1) is 0 Å². The number of hydrogen-bond donors (Lipinski definition) is 2. The van der Waals surface area contributed by atoms with Gasteiger partial charge in [-0.1, -0.05) is 13.8 Å². The van der Waals surface area contributed by atoms with Crippen LogP contribution in [0, 0.1) is 5.92 Å². The zero-order chi connectivity index (χ0) is 8.81. The van der Waals surface area contributed by atoms with E-state index in [-0.39, 0.29) is 0 Å². The summed E-state index contributed by atoms with van der Waals surface area (Å²) in [6.45, 7) is 8.08. The molecule has 0 aromatic heterocycles. The molecule has 0 amide bonds. The van der Waals surface area contributed by atoms with Crippen molar-refractivity contribution < 1.29 is 0 Å². The molecule has 12 heavy (non-hydrogen) atoms. The summed E-state index contributed by atoms with van der Waals surface area (Å²) in [5.74, 6) is 0.970. The molecule has 0 saturated carbocycles. The highest BCUT2D eigenvalue weighted by molar-refractivity contribution is 4.69. The average molecular weight is 170 g/mol. The maximum absolute atomic E-state index is 3.47. The second-order valence-electron chi connectivity index (χ2n) is 4.09. The van der Waals surface area contributed by atoms with Crippen molar-refractivity contribution in [3.63, 3.8) is 0 Å². The van der Waals surface area contributed by atoms with Crippen LogP contribution >= 0.6 is 0 Å². The van der Waals surface area contributed by atoms with Crippen molar-refractivity contribution in [3.8, 4) is 0 Å². The van der Waals surface area contributed by atoms with E-state index < -0.39 is 0 Å². The molecule has 0 spiro atoms. The molecular formula is C10H22N2. The maximum Gasteiger partial charge on any atom is 0.00103 e. The molecule has 0 aliphatic carbocycles. The van der Waals surface area contributed by atoms with Gasteiger partial charge in [0.1, 0.15) is 0 Å². The van der Waals surface area contributed by atoms with Crippen LogP contribution in [0.3, 0.4) is 0 Å². The Kier molecular flexibility index (Phi) is 4.62. The second-order valence-corrected chi connectivity index (χ2v) is 4.09. The van der Waals surface area contributed by atoms with Gasteiger partial charge >= 0.3 is 0 Å². The highest BCUT2D eigenvalue weighted by Gasteiger charge is 2.11. The Labute approximate surface area is 76.1 Å². The first kappa shape index (κ1) is 10.0. The molecule has 1 heterocycles. The van der Waals surface area contributed by atoms with E-state index in [4.69, 9.17) is 0 Å². The molecule has 0 atom stereocenters. The lowest BCUT2D eigenvalue weighted by molar-refractivity contribution is 0.344. The van der Waals surface area contributed by atoms with E-state index in [0.717, 1.165) is 5.92 Å². The summed E-state index contributed by atoms with van der Waals surface area (Å²) < 4.78 is 0. The SMILES string of the molecule is CC(C)NCCC1CCNCC1. The lowest BCUT2D eigenvalue weighted by Gasteiger charge is -2.22. The summed E-state index contributed by atoms with van der Waals surface area (Å²) in [5.41, 5.74) is 0. The molecule has 2 heteroatoms. The van der Waals surface area contributed by atoms with E-state index in [2.05, 4.69) is 24.5 Å². The fraction of sp³-hybridized carbons (Fsp3) is 1.00. The first-order chi connectivity index (χ1) is 5.79. The smallest absolute Gasteiger partial charge is 0.00103 e. The summed E-state index contributed by atoms with van der Waals surface area (Å²) in [7, 11) is 0. The van der Waals surface area contributed by atoms with E-state index in [1.807, 2.05) is 0 Å². The van der Waals surface area contributed by atoms with Crippen molar-refractivity contribution in [3.05, 3.63) is 0 Å². The first-order valence-electron chi connectivity index (χ1n) is 5.23. The van der Waals surface area contributed by atoms with Gasteiger partial charge in [0.15, 0.2) is 0 Å². The summed E-state index contributed by atoms with van der Waals surface area (Å²) in [4.78, 5) is 0. The summed E-state index contributed by atoms with van der Waals surface area (Å²) in [6.07, 6.45) is 4.11. The van der Waals surface area contributed by atoms with Gasteiger partial charge in [0.2, 0.25) is 0 Å². The minimum Gasteiger partial charge on any atom is -0.317 e. The zero-order valence-electron chi connectivity index (χ0n) is 8.40. The van der Waals surface area contributed by atoms with Crippen LogP contribution in [0.25, 0.3) is 0 Å². The molecule has 0 radical (unpaired) electrons. The van der Waals surface area contributed by atoms with Gasteiger partial charge in [-0.25, -0.2) is 0 Å². The van der Waals surface area contributed by atoms with Crippen LogP contribution in [0.1, 0.15) is 33.1 Å². The fourth-order valence-electron chi connectivity index (χ4n) is 1.75. The van der Waals surface area contributed by atoms with Crippen molar-refractivity contribution in [2.45, 2.75) is 39.2 Å². The van der Waals surface area contributed by atoms with Gasteiger partial charge in [-0.3, -0.25) is 0 Å². The Hall–Kier alpha value is -0.0800. The highest BCUT2D eigenvalue weighted by atomic mass is 14.9. The van der Waals surface area contributed by atoms with E-state index in [1.54, 1.807) is 0 Å². The standard InChI is InChI=1S/C10H22N2/c1-9(2)12-8-5-10-3-6-11-7-4-10/h9-12H,3-8H2,1-2H3. The van der Waals surface area contributed by atoms with Gasteiger partial charge in [-0.2, -0.15) is 0 Å². The number of nitrogens with one attached hydrogen (secondary N) is 2. The van der Waals surface area contributed by atoms with Crippen LogP contribution in [0.15, 0.2) is 0 Å². The Balaban J connectivity index is 1.98. The molecule has 0 aromatic rings. The predicted molar refractivity (Wildman–Crippen MR) is 53.3 cm³/mol. The highest BCUT2D eigenvalue weighted by Crippen LogP contribution is 2.14. The van der Waals surface area contributed by atoms with Crippen LogP contribution in [-0.2, 0) is 0 Å². The molecule has 1 aliphatic rings. The van der Waals surface area contributed by atoms with Crippen molar-refractivity contribution >= 4 is 0 Å². The average Bonchev–Trinajstić information content (AvgIpc) is 2.05. The lowest BCUT2D eigenvalue weighted by Crippen LogP contribution is -2.31. The Morgan fingerprint density at radius 3 is 2.58 bits per heavy atom. The van der Waals surface area contributed by atoms with E-state index in [9.17, 15) is 0 Å². The largest absolute Gasteiger partial charge is 0.317 e. The van der Waals surface area contributed by atoms with Crippen LogP contribution in [0.4, 0.5) is 0 Å². The normalized spacial score (nSPS) is 20.2. The van der Waals surface area contributed by atoms with Crippen molar-refractivity contribution in [1.82, 2.24) is 10.6 Å². The van der Waals surface area contributed by atoms with Gasteiger partial charge in [0, 0.05) is 6.04 Å². The molecule has 1 aliphatic heterocycles. The molecule has 2 N–H and O–H groups in total. The van der Waals surface area contributed by atoms with Crippen LogP contribution in [-0.4, -0.2) is 25.7 Å². The van der Waals surface area contributed by atoms with Crippen LogP contribution < -0.4 is 10.6 Å². The number of hydrogen-bond acceptors (Lipinski definition) is 2. The molecule has 1 fully saturated rings. The maximum atomic E-state index is 3.47. The zero-order valence-corrected chi connectivity index (χ0v) is 8.40. The molecule has 0 bridgehead atoms. The van der Waals surface area contributed by atoms with Crippen molar-refractivity contribution in [2.75, 3.05) is 19.6 Å². The van der Waals surface area contributed by atoms with Gasteiger partial charge < -0.3 is 10.6 Å². The molecule has 2 nitrogen and oxygen atoms in total. The Morgan fingerprint density at radius 2 is 2.00 bits per heavy atom. The number of piperidine rings is 1. The third-order valence-electron chi connectivity index (χ3n) is 2.56. The quantitative estimate of drug-likeness (QED) is 0.666. The molecule has 0 aromatic carbocycles. The summed E-state index contributed by atoms with van der Waals surface area (Å²) >= 11 is 0. The third kappa shape index (κ3) is 4.07. The van der Waals surface area contributed by atoms with Crippen molar-refractivity contribution in [2.24, 2.45) is 5.92 Å². The van der Waals surface area contributed by atoms with Gasteiger partial charge in [-0.05, 0) is 44.8 Å². The molecule has 72 valence electrons. The second kappa shape index (κ2) is 5.55. The number of rotatable bonds is 4. The lowest BCUT2D eigenvalue weighted by atomic mass is 9.95. The topological polar surface area (TPSA) is 24.1 Å². The first-order valence-corrected chi connectivity index (χ1v) is 5.23. The third-order valence-corrected chi connectivity index (χ3v) is 2.56. The van der Waals surface area contributed by atoms with E-state index >= 15 is 0 Å². The Morgan fingerprint density at radius 1 is 1.33 bits per heavy atom. The molecular weight excluding hydrogens is 148 g/mol. The predicted octanol–water partition coefficient (Wildman–Crippen LogP) is 1.37. The van der Waals surface area contributed by atoms with Gasteiger partial charge in [0.25, 0.3) is 0 Å². The minimum absolute atomic E-state index is 0.645. The minimum atomic E-state index is 0.645. The fourth-order valence-corrected chi connectivity index (χ4v) is 1.75. The molecule has 0 unspecified atom stereocenters. The van der Waals surface area contributed by atoms with Crippen LogP contribution in [0.2, 0.25) is 0 Å². The summed E-state index contributed by atoms with van der Waals surface area (Å²) in [5, 5.41) is 6.87. The Bertz CT molecular complexity index is 106. The monoisotopic (exact) mass is 170 g/mol. The molecule has 1 rings (SSSR count). The van der Waals surface area contributed by atoms with Crippen molar-refractivity contribution in [1.29, 1.82) is 0 Å². The van der Waals surface area contributed by atoms with Gasteiger partial charge in [-0.15, -0.1) is 0 Å². The molecule has 1 saturated heterocycles.